The highest BCUT2D eigenvalue weighted by Crippen LogP contribution is 2.17. The fourth-order valence-electron chi connectivity index (χ4n) is 0.966. The van der Waals surface area contributed by atoms with Crippen LogP contribution in [0.5, 0.6) is 0 Å². The first-order chi connectivity index (χ1) is 6.06. The molecule has 0 heterocycles. The first-order valence-electron chi connectivity index (χ1n) is 3.50. The van der Waals surface area contributed by atoms with Crippen molar-refractivity contribution in [2.24, 2.45) is 0 Å². The number of nitriles is 1. The molecule has 66 valence electrons. The minimum absolute atomic E-state index is 0.247. The topological polar surface area (TPSA) is 61.1 Å². The molecule has 0 saturated carbocycles. The maximum absolute atomic E-state index is 10.7. The van der Waals surface area contributed by atoms with Crippen molar-refractivity contribution in [2.45, 2.75) is 6.92 Å². The minimum atomic E-state index is -0.961. The number of rotatable bonds is 1. The molecule has 0 fully saturated rings. The van der Waals surface area contributed by atoms with E-state index in [2.05, 4.69) is 0 Å². The number of hydrogen-bond acceptors (Lipinski definition) is 2. The van der Waals surface area contributed by atoms with Crippen LogP contribution in [0.15, 0.2) is 12.1 Å². The Morgan fingerprint density at radius 1 is 1.62 bits per heavy atom. The van der Waals surface area contributed by atoms with Crippen LogP contribution in [-0.2, 0) is 0 Å². The molecule has 0 aliphatic carbocycles. The molecule has 13 heavy (non-hydrogen) atoms. The van der Waals surface area contributed by atoms with Gasteiger partial charge in [0.15, 0.2) is 0 Å². The van der Waals surface area contributed by atoms with E-state index in [0.717, 1.165) is 0 Å². The van der Waals surface area contributed by atoms with Crippen molar-refractivity contribution in [3.8, 4) is 6.07 Å². The molecule has 0 aliphatic rings. The van der Waals surface area contributed by atoms with Crippen molar-refractivity contribution < 1.29 is 9.90 Å². The second kappa shape index (κ2) is 3.75. The summed E-state index contributed by atoms with van der Waals surface area (Å²) >= 11 is 1.91. The van der Waals surface area contributed by atoms with Gasteiger partial charge in [0.05, 0.1) is 17.2 Å². The van der Waals surface area contributed by atoms with Gasteiger partial charge in [0.25, 0.3) is 0 Å². The van der Waals surface area contributed by atoms with E-state index in [1.54, 1.807) is 13.0 Å². The molecule has 0 amide bonds. The Balaban J connectivity index is 3.39. The number of hydrogen-bond donors (Lipinski definition) is 1. The molecule has 0 unspecified atom stereocenters. The van der Waals surface area contributed by atoms with Gasteiger partial charge in [-0.2, -0.15) is 5.26 Å². The quantitative estimate of drug-likeness (QED) is 0.805. The first-order valence-corrected chi connectivity index (χ1v) is 4.57. The smallest absolute Gasteiger partial charge is 0.336 e. The van der Waals surface area contributed by atoms with E-state index in [4.69, 9.17) is 10.4 Å². The molecule has 0 spiro atoms. The van der Waals surface area contributed by atoms with Crippen molar-refractivity contribution >= 4 is 28.6 Å². The Bertz CT molecular complexity index is 407. The number of aromatic carboxylic acids is 1. The van der Waals surface area contributed by atoms with E-state index in [-0.39, 0.29) is 5.56 Å². The zero-order valence-electron chi connectivity index (χ0n) is 6.84. The van der Waals surface area contributed by atoms with E-state index >= 15 is 0 Å². The summed E-state index contributed by atoms with van der Waals surface area (Å²) < 4.78 is 0.590. The van der Waals surface area contributed by atoms with Crippen LogP contribution >= 0.6 is 22.6 Å². The molecule has 1 N–H and O–H groups in total. The van der Waals surface area contributed by atoms with E-state index in [1.807, 2.05) is 28.7 Å². The lowest BCUT2D eigenvalue weighted by atomic mass is 10.1. The maximum Gasteiger partial charge on any atom is 0.336 e. The van der Waals surface area contributed by atoms with Gasteiger partial charge in [0.1, 0.15) is 0 Å². The predicted molar refractivity (Wildman–Crippen MR) is 55.6 cm³/mol. The lowest BCUT2D eigenvalue weighted by Gasteiger charge is -2.02. The highest BCUT2D eigenvalue weighted by atomic mass is 127. The summed E-state index contributed by atoms with van der Waals surface area (Å²) in [4.78, 5) is 10.7. The van der Waals surface area contributed by atoms with E-state index in [1.165, 1.54) is 6.07 Å². The summed E-state index contributed by atoms with van der Waals surface area (Å²) in [5.74, 6) is -0.961. The molecule has 1 aromatic carbocycles. The molecular formula is C9H6INO2. The van der Waals surface area contributed by atoms with Gasteiger partial charge in [-0.15, -0.1) is 0 Å². The maximum atomic E-state index is 10.7. The highest BCUT2D eigenvalue weighted by Gasteiger charge is 2.10. The van der Waals surface area contributed by atoms with E-state index < -0.39 is 5.97 Å². The molecule has 0 atom stereocenters. The van der Waals surface area contributed by atoms with Gasteiger partial charge in [0.2, 0.25) is 0 Å². The molecule has 1 rings (SSSR count). The summed E-state index contributed by atoms with van der Waals surface area (Å²) in [6.07, 6.45) is 0. The molecule has 4 heteroatoms. The van der Waals surface area contributed by atoms with Gasteiger partial charge < -0.3 is 5.11 Å². The highest BCUT2D eigenvalue weighted by molar-refractivity contribution is 14.1. The predicted octanol–water partition coefficient (Wildman–Crippen LogP) is 2.17. The van der Waals surface area contributed by atoms with Gasteiger partial charge >= 0.3 is 5.97 Å². The van der Waals surface area contributed by atoms with Gasteiger partial charge in [0, 0.05) is 3.57 Å². The fourth-order valence-corrected chi connectivity index (χ4v) is 1.66. The zero-order valence-corrected chi connectivity index (χ0v) is 8.99. The molecule has 0 radical (unpaired) electrons. The molecule has 1 aromatic rings. The summed E-state index contributed by atoms with van der Waals surface area (Å²) in [5.41, 5.74) is 1.46. The molecule has 0 bridgehead atoms. The fraction of sp³-hybridized carbons (Fsp3) is 0.111. The van der Waals surface area contributed by atoms with Crippen LogP contribution in [0.4, 0.5) is 0 Å². The third kappa shape index (κ3) is 1.98. The Morgan fingerprint density at radius 3 is 2.69 bits per heavy atom. The molecular weight excluding hydrogens is 281 g/mol. The van der Waals surface area contributed by atoms with Crippen LogP contribution in [0.3, 0.4) is 0 Å². The van der Waals surface area contributed by atoms with Crippen molar-refractivity contribution in [1.29, 1.82) is 5.26 Å². The van der Waals surface area contributed by atoms with Gasteiger partial charge in [-0.05, 0) is 47.2 Å². The summed E-state index contributed by atoms with van der Waals surface area (Å²) in [6, 6.07) is 5.10. The molecule has 0 aromatic heterocycles. The third-order valence-corrected chi connectivity index (χ3v) is 2.56. The van der Waals surface area contributed by atoms with Crippen LogP contribution in [0.1, 0.15) is 21.5 Å². The number of nitrogens with zero attached hydrogens (tertiary/aromatic N) is 1. The first kappa shape index (κ1) is 9.99. The summed E-state index contributed by atoms with van der Waals surface area (Å²) in [7, 11) is 0. The van der Waals surface area contributed by atoms with Crippen molar-refractivity contribution in [3.63, 3.8) is 0 Å². The molecule has 3 nitrogen and oxygen atoms in total. The minimum Gasteiger partial charge on any atom is -0.478 e. The lowest BCUT2D eigenvalue weighted by Crippen LogP contribution is -2.01. The Morgan fingerprint density at radius 2 is 2.23 bits per heavy atom. The normalized spacial score (nSPS) is 9.31. The van der Waals surface area contributed by atoms with Crippen molar-refractivity contribution in [1.82, 2.24) is 0 Å². The SMILES string of the molecule is Cc1cc(C(=O)O)c(I)cc1C#N. The number of benzene rings is 1. The van der Waals surface area contributed by atoms with E-state index in [9.17, 15) is 4.79 Å². The number of halogens is 1. The third-order valence-electron chi connectivity index (χ3n) is 1.66. The van der Waals surface area contributed by atoms with Crippen molar-refractivity contribution in [3.05, 3.63) is 32.4 Å². The van der Waals surface area contributed by atoms with Crippen LogP contribution in [0.2, 0.25) is 0 Å². The van der Waals surface area contributed by atoms with Crippen LogP contribution < -0.4 is 0 Å². The Kier molecular flexibility index (Phi) is 2.88. The average Bonchev–Trinajstić information content (AvgIpc) is 2.07. The van der Waals surface area contributed by atoms with Crippen LogP contribution in [0, 0.1) is 21.8 Å². The van der Waals surface area contributed by atoms with Crippen LogP contribution in [0.25, 0.3) is 0 Å². The summed E-state index contributed by atoms with van der Waals surface area (Å²) in [5, 5.41) is 17.4. The second-order valence-electron chi connectivity index (χ2n) is 2.56. The van der Waals surface area contributed by atoms with Gasteiger partial charge in [-0.25, -0.2) is 4.79 Å². The van der Waals surface area contributed by atoms with Gasteiger partial charge in [-0.3, -0.25) is 0 Å². The standard InChI is InChI=1S/C9H6INO2/c1-5-2-7(9(12)13)8(10)3-6(5)4-11/h2-3H,1H3,(H,12,13). The van der Waals surface area contributed by atoms with E-state index in [0.29, 0.717) is 14.7 Å². The zero-order chi connectivity index (χ0) is 10.0. The largest absolute Gasteiger partial charge is 0.478 e. The Labute approximate surface area is 89.1 Å². The monoisotopic (exact) mass is 287 g/mol. The number of carboxylic acids is 1. The average molecular weight is 287 g/mol. The Hall–Kier alpha value is -1.09. The summed E-state index contributed by atoms with van der Waals surface area (Å²) in [6.45, 7) is 1.72. The number of carbonyl (C=O) groups is 1. The second-order valence-corrected chi connectivity index (χ2v) is 3.73. The molecule has 0 aliphatic heterocycles. The van der Waals surface area contributed by atoms with Gasteiger partial charge in [-0.1, -0.05) is 0 Å². The van der Waals surface area contributed by atoms with Crippen molar-refractivity contribution in [2.75, 3.05) is 0 Å². The number of carboxylic acid groups (broad SMARTS) is 1. The molecule has 0 saturated heterocycles. The number of aryl methyl sites for hydroxylation is 1. The lowest BCUT2D eigenvalue weighted by molar-refractivity contribution is 0.0695. The van der Waals surface area contributed by atoms with Crippen LogP contribution in [-0.4, -0.2) is 11.1 Å².